The van der Waals surface area contributed by atoms with E-state index in [9.17, 15) is 9.59 Å². The first kappa shape index (κ1) is 11.5. The lowest BCUT2D eigenvalue weighted by atomic mass is 10.1. The van der Waals surface area contributed by atoms with Gasteiger partial charge in [0.2, 0.25) is 0 Å². The minimum Gasteiger partial charge on any atom is -0.266 e. The molecule has 1 aromatic carbocycles. The zero-order valence-electron chi connectivity index (χ0n) is 10.5. The Bertz CT molecular complexity index is 675. The first-order valence-corrected chi connectivity index (χ1v) is 5.87. The van der Waals surface area contributed by atoms with Crippen LogP contribution in [0, 0.1) is 13.8 Å². The van der Waals surface area contributed by atoms with Gasteiger partial charge in [0.05, 0.1) is 5.69 Å². The van der Waals surface area contributed by atoms with E-state index in [1.807, 2.05) is 26.0 Å². The predicted molar refractivity (Wildman–Crippen MR) is 69.1 cm³/mol. The summed E-state index contributed by atoms with van der Waals surface area (Å²) < 4.78 is 0. The van der Waals surface area contributed by atoms with Crippen molar-refractivity contribution < 1.29 is 9.59 Å². The number of benzene rings is 1. The third kappa shape index (κ3) is 1.55. The van der Waals surface area contributed by atoms with E-state index in [0.717, 1.165) is 16.0 Å². The lowest BCUT2D eigenvalue weighted by Crippen LogP contribution is -2.30. The molecule has 0 fully saturated rings. The fourth-order valence-electron chi connectivity index (χ4n) is 2.15. The van der Waals surface area contributed by atoms with Gasteiger partial charge < -0.3 is 0 Å². The fourth-order valence-corrected chi connectivity index (χ4v) is 2.15. The molecule has 1 aliphatic heterocycles. The van der Waals surface area contributed by atoms with Crippen LogP contribution in [0.2, 0.25) is 0 Å². The molecule has 0 spiro atoms. The summed E-state index contributed by atoms with van der Waals surface area (Å²) in [6.07, 6.45) is 2.83. The lowest BCUT2D eigenvalue weighted by molar-refractivity contribution is 0.0923. The molecule has 0 radical (unpaired) electrons. The summed E-state index contributed by atoms with van der Waals surface area (Å²) in [6.45, 7) is 3.82. The Balaban J connectivity index is 2.17. The van der Waals surface area contributed by atoms with Crippen molar-refractivity contribution in [1.82, 2.24) is 9.97 Å². The highest BCUT2D eigenvalue weighted by Crippen LogP contribution is 2.29. The number of aryl methyl sites for hydroxylation is 1. The molecule has 5 nitrogen and oxygen atoms in total. The van der Waals surface area contributed by atoms with Crippen molar-refractivity contribution in [2.45, 2.75) is 13.8 Å². The quantitative estimate of drug-likeness (QED) is 0.728. The number of imide groups is 1. The van der Waals surface area contributed by atoms with Crippen LogP contribution in [0.5, 0.6) is 0 Å². The van der Waals surface area contributed by atoms with Crippen LogP contribution in [0.4, 0.5) is 5.69 Å². The van der Waals surface area contributed by atoms with Crippen molar-refractivity contribution in [2.75, 3.05) is 4.90 Å². The molecule has 2 amide bonds. The van der Waals surface area contributed by atoms with Crippen LogP contribution in [0.15, 0.2) is 30.6 Å². The molecular weight excluding hydrogens is 242 g/mol. The average Bonchev–Trinajstić information content (AvgIpc) is 2.67. The Kier molecular flexibility index (Phi) is 2.41. The highest BCUT2D eigenvalue weighted by molar-refractivity contribution is 6.33. The number of hydrogen-bond acceptors (Lipinski definition) is 4. The average molecular weight is 253 g/mol. The number of carbonyl (C=O) groups excluding carboxylic acids is 2. The highest BCUT2D eigenvalue weighted by Gasteiger charge is 2.39. The normalized spacial score (nSPS) is 13.9. The van der Waals surface area contributed by atoms with Gasteiger partial charge >= 0.3 is 0 Å². The Hall–Kier alpha value is -2.56. The van der Waals surface area contributed by atoms with Gasteiger partial charge in [-0.25, -0.2) is 14.9 Å². The van der Waals surface area contributed by atoms with Crippen LogP contribution in [-0.2, 0) is 0 Å². The summed E-state index contributed by atoms with van der Waals surface area (Å²) in [5.41, 5.74) is 2.75. The molecule has 0 atom stereocenters. The van der Waals surface area contributed by atoms with Gasteiger partial charge in [-0.1, -0.05) is 12.1 Å². The molecule has 0 unspecified atom stereocenters. The van der Waals surface area contributed by atoms with Crippen molar-refractivity contribution in [2.24, 2.45) is 0 Å². The molecule has 0 bridgehead atoms. The number of hydrogen-bond donors (Lipinski definition) is 0. The van der Waals surface area contributed by atoms with E-state index in [-0.39, 0.29) is 11.4 Å². The van der Waals surface area contributed by atoms with E-state index >= 15 is 0 Å². The maximum Gasteiger partial charge on any atom is 0.286 e. The van der Waals surface area contributed by atoms with Gasteiger partial charge in [0.15, 0.2) is 11.4 Å². The third-order valence-corrected chi connectivity index (χ3v) is 3.33. The molecule has 3 rings (SSSR count). The van der Waals surface area contributed by atoms with Gasteiger partial charge in [-0.05, 0) is 31.0 Å². The van der Waals surface area contributed by atoms with Crippen LogP contribution >= 0.6 is 0 Å². The minimum atomic E-state index is -0.415. The molecule has 5 heteroatoms. The Morgan fingerprint density at radius 3 is 2.11 bits per heavy atom. The summed E-state index contributed by atoms with van der Waals surface area (Å²) in [7, 11) is 0. The van der Waals surface area contributed by atoms with Gasteiger partial charge in [-0.2, -0.15) is 0 Å². The molecule has 2 aromatic rings. The maximum atomic E-state index is 12.3. The molecule has 0 N–H and O–H groups in total. The van der Waals surface area contributed by atoms with E-state index in [0.29, 0.717) is 5.69 Å². The van der Waals surface area contributed by atoms with E-state index < -0.39 is 11.8 Å². The number of fused-ring (bicyclic) bond motifs is 1. The highest BCUT2D eigenvalue weighted by atomic mass is 16.2. The van der Waals surface area contributed by atoms with E-state index in [1.54, 1.807) is 6.07 Å². The number of rotatable bonds is 1. The van der Waals surface area contributed by atoms with E-state index in [4.69, 9.17) is 0 Å². The second-order valence-electron chi connectivity index (χ2n) is 4.42. The number of anilines is 1. The standard InChI is InChI=1S/C14H11N3O2/c1-8-4-3-5-10(9(8)2)17-13(18)11-12(14(17)19)16-7-6-15-11/h3-7H,1-2H3. The van der Waals surface area contributed by atoms with Crippen LogP contribution in [-0.4, -0.2) is 21.8 Å². The summed E-state index contributed by atoms with van der Waals surface area (Å²) in [5.74, 6) is -0.830. The second-order valence-corrected chi connectivity index (χ2v) is 4.42. The number of carbonyl (C=O) groups is 2. The molecule has 1 aliphatic rings. The second kappa shape index (κ2) is 3.98. The van der Waals surface area contributed by atoms with Crippen molar-refractivity contribution >= 4 is 17.5 Å². The summed E-state index contributed by atoms with van der Waals surface area (Å²) in [4.78, 5) is 33.6. The van der Waals surface area contributed by atoms with Gasteiger partial charge in [-0.15, -0.1) is 0 Å². The van der Waals surface area contributed by atoms with Gasteiger partial charge in [-0.3, -0.25) is 9.59 Å². The van der Waals surface area contributed by atoms with E-state index in [2.05, 4.69) is 9.97 Å². The fraction of sp³-hybridized carbons (Fsp3) is 0.143. The van der Waals surface area contributed by atoms with Crippen molar-refractivity contribution in [3.8, 4) is 0 Å². The van der Waals surface area contributed by atoms with Gasteiger partial charge in [0.1, 0.15) is 0 Å². The Labute approximate surface area is 109 Å². The lowest BCUT2D eigenvalue weighted by Gasteiger charge is -2.17. The number of nitrogens with zero attached hydrogens (tertiary/aromatic N) is 3. The van der Waals surface area contributed by atoms with Crippen LogP contribution in [0.25, 0.3) is 0 Å². The zero-order valence-corrected chi connectivity index (χ0v) is 10.5. The molecule has 94 valence electrons. The largest absolute Gasteiger partial charge is 0.286 e. The first-order chi connectivity index (χ1) is 9.11. The Morgan fingerprint density at radius 1 is 0.947 bits per heavy atom. The van der Waals surface area contributed by atoms with Crippen molar-refractivity contribution in [3.63, 3.8) is 0 Å². The summed E-state index contributed by atoms with van der Waals surface area (Å²) >= 11 is 0. The number of aromatic nitrogens is 2. The molecular formula is C14H11N3O2. The SMILES string of the molecule is Cc1cccc(N2C(=O)c3nccnc3C2=O)c1C. The smallest absolute Gasteiger partial charge is 0.266 e. The molecule has 1 aromatic heterocycles. The number of amides is 2. The van der Waals surface area contributed by atoms with Crippen molar-refractivity contribution in [1.29, 1.82) is 0 Å². The monoisotopic (exact) mass is 253 g/mol. The van der Waals surface area contributed by atoms with Gasteiger partial charge in [0.25, 0.3) is 11.8 Å². The molecule has 0 saturated carbocycles. The van der Waals surface area contributed by atoms with Crippen LogP contribution < -0.4 is 4.90 Å². The molecule has 19 heavy (non-hydrogen) atoms. The summed E-state index contributed by atoms with van der Waals surface area (Å²) in [5, 5.41) is 0. The maximum absolute atomic E-state index is 12.3. The van der Waals surface area contributed by atoms with E-state index in [1.165, 1.54) is 12.4 Å². The Morgan fingerprint density at radius 2 is 1.53 bits per heavy atom. The first-order valence-electron chi connectivity index (χ1n) is 5.87. The zero-order chi connectivity index (χ0) is 13.6. The molecule has 2 heterocycles. The predicted octanol–water partition coefficient (Wildman–Crippen LogP) is 1.89. The van der Waals surface area contributed by atoms with Gasteiger partial charge in [0, 0.05) is 12.4 Å². The third-order valence-electron chi connectivity index (χ3n) is 3.33. The minimum absolute atomic E-state index is 0.119. The molecule has 0 saturated heterocycles. The topological polar surface area (TPSA) is 63.2 Å². The molecule has 0 aliphatic carbocycles. The van der Waals surface area contributed by atoms with Crippen molar-refractivity contribution in [3.05, 3.63) is 53.1 Å². The van der Waals surface area contributed by atoms with Crippen LogP contribution in [0.1, 0.15) is 32.1 Å². The van der Waals surface area contributed by atoms with Crippen LogP contribution in [0.3, 0.4) is 0 Å². The summed E-state index contributed by atoms with van der Waals surface area (Å²) in [6, 6.07) is 5.51.